The zero-order chi connectivity index (χ0) is 16.5. The van der Waals surface area contributed by atoms with E-state index in [-0.39, 0.29) is 5.91 Å². The Kier molecular flexibility index (Phi) is 3.65. The van der Waals surface area contributed by atoms with E-state index >= 15 is 0 Å². The van der Waals surface area contributed by atoms with Crippen LogP contribution in [0, 0.1) is 5.92 Å². The van der Waals surface area contributed by atoms with Gasteiger partial charge in [0, 0.05) is 18.1 Å². The van der Waals surface area contributed by atoms with Gasteiger partial charge in [0.05, 0.1) is 17.9 Å². The van der Waals surface area contributed by atoms with Crippen LogP contribution in [0.2, 0.25) is 0 Å². The molecule has 1 fully saturated rings. The second kappa shape index (κ2) is 5.96. The van der Waals surface area contributed by atoms with Crippen molar-refractivity contribution in [3.8, 4) is 5.69 Å². The first kappa shape index (κ1) is 14.7. The summed E-state index contributed by atoms with van der Waals surface area (Å²) in [6.07, 6.45) is 9.46. The zero-order valence-corrected chi connectivity index (χ0v) is 13.5. The van der Waals surface area contributed by atoms with Gasteiger partial charge >= 0.3 is 0 Å². The first-order chi connectivity index (χ1) is 11.7. The van der Waals surface area contributed by atoms with Crippen LogP contribution in [0.1, 0.15) is 36.3 Å². The Balaban J connectivity index is 1.46. The number of benzene rings is 1. The van der Waals surface area contributed by atoms with E-state index in [1.807, 2.05) is 45.8 Å². The molecule has 24 heavy (non-hydrogen) atoms. The summed E-state index contributed by atoms with van der Waals surface area (Å²) in [5.41, 5.74) is 2.04. The number of anilines is 1. The smallest absolute Gasteiger partial charge is 0.275 e. The van der Waals surface area contributed by atoms with Gasteiger partial charge in [0.2, 0.25) is 0 Å². The van der Waals surface area contributed by atoms with E-state index in [1.54, 1.807) is 18.7 Å². The second-order valence-electron chi connectivity index (χ2n) is 6.24. The van der Waals surface area contributed by atoms with Crippen molar-refractivity contribution >= 4 is 11.6 Å². The molecule has 0 radical (unpaired) electrons. The highest BCUT2D eigenvalue weighted by molar-refractivity contribution is 6.02. The van der Waals surface area contributed by atoms with Crippen LogP contribution in [0.5, 0.6) is 0 Å². The minimum atomic E-state index is -0.233. The number of para-hydroxylation sites is 1. The summed E-state index contributed by atoms with van der Waals surface area (Å²) in [4.78, 5) is 16.6. The number of aromatic nitrogens is 4. The van der Waals surface area contributed by atoms with Crippen LogP contribution < -0.4 is 5.32 Å². The summed E-state index contributed by atoms with van der Waals surface area (Å²) in [6.45, 7) is 2.16. The monoisotopic (exact) mass is 321 g/mol. The highest BCUT2D eigenvalue weighted by Gasteiger charge is 2.29. The Morgan fingerprint density at radius 2 is 2.04 bits per heavy atom. The van der Waals surface area contributed by atoms with Crippen LogP contribution in [0.15, 0.2) is 55.2 Å². The lowest BCUT2D eigenvalue weighted by atomic mass is 10.2. The Morgan fingerprint density at radius 3 is 2.79 bits per heavy atom. The molecular formula is C18H19N5O. The molecule has 1 N–H and O–H groups in total. The van der Waals surface area contributed by atoms with Crippen LogP contribution in [0.25, 0.3) is 5.69 Å². The van der Waals surface area contributed by atoms with Gasteiger partial charge in [-0.25, -0.2) is 4.98 Å². The Labute approximate surface area is 140 Å². The molecule has 1 unspecified atom stereocenters. The van der Waals surface area contributed by atoms with Crippen molar-refractivity contribution in [3.63, 3.8) is 0 Å². The van der Waals surface area contributed by atoms with E-state index in [1.165, 1.54) is 12.8 Å². The average Bonchev–Trinajstić information content (AvgIpc) is 3.15. The number of hydrogen-bond acceptors (Lipinski definition) is 3. The Bertz CT molecular complexity index is 847. The molecule has 3 aromatic rings. The molecule has 6 nitrogen and oxygen atoms in total. The van der Waals surface area contributed by atoms with Crippen molar-refractivity contribution in [1.29, 1.82) is 0 Å². The van der Waals surface area contributed by atoms with Gasteiger partial charge in [0.25, 0.3) is 5.91 Å². The van der Waals surface area contributed by atoms with E-state index in [0.29, 0.717) is 17.4 Å². The lowest BCUT2D eigenvalue weighted by Crippen LogP contribution is -2.12. The average molecular weight is 321 g/mol. The van der Waals surface area contributed by atoms with Crippen molar-refractivity contribution in [3.05, 3.63) is 60.9 Å². The van der Waals surface area contributed by atoms with Crippen LogP contribution in [0.4, 0.5) is 5.69 Å². The van der Waals surface area contributed by atoms with E-state index < -0.39 is 0 Å². The summed E-state index contributed by atoms with van der Waals surface area (Å²) in [5, 5.41) is 7.21. The molecule has 2 aromatic heterocycles. The molecule has 0 spiro atoms. The summed E-state index contributed by atoms with van der Waals surface area (Å²) in [5.74, 6) is 0.485. The normalized spacial score (nSPS) is 15.2. The highest BCUT2D eigenvalue weighted by Crippen LogP contribution is 2.39. The third kappa shape index (κ3) is 2.95. The van der Waals surface area contributed by atoms with Crippen LogP contribution >= 0.6 is 0 Å². The Hall–Kier alpha value is -2.89. The van der Waals surface area contributed by atoms with Gasteiger partial charge in [-0.15, -0.1) is 0 Å². The summed E-state index contributed by atoms with van der Waals surface area (Å²) < 4.78 is 3.75. The van der Waals surface area contributed by atoms with Crippen LogP contribution in [-0.2, 0) is 0 Å². The molecule has 0 saturated heterocycles. The van der Waals surface area contributed by atoms with Gasteiger partial charge in [0.1, 0.15) is 12.0 Å². The van der Waals surface area contributed by atoms with Gasteiger partial charge in [-0.3, -0.25) is 9.48 Å². The second-order valence-corrected chi connectivity index (χ2v) is 6.24. The molecule has 0 aliphatic heterocycles. The maximum absolute atomic E-state index is 12.4. The molecule has 1 aromatic carbocycles. The van der Waals surface area contributed by atoms with Crippen molar-refractivity contribution in [1.82, 2.24) is 19.3 Å². The first-order valence-electron chi connectivity index (χ1n) is 8.15. The predicted molar refractivity (Wildman–Crippen MR) is 91.2 cm³/mol. The molecule has 0 bridgehead atoms. The summed E-state index contributed by atoms with van der Waals surface area (Å²) in [6, 6.07) is 10.2. The van der Waals surface area contributed by atoms with Crippen molar-refractivity contribution in [2.45, 2.75) is 25.8 Å². The number of carbonyl (C=O) groups excluding carboxylic acids is 1. The molecule has 1 saturated carbocycles. The SMILES string of the molecule is CC(C1CC1)n1cc(NC(=O)c2cn(-c3ccccc3)cn2)cn1. The lowest BCUT2D eigenvalue weighted by molar-refractivity contribution is 0.102. The molecule has 4 rings (SSSR count). The fraction of sp³-hybridized carbons (Fsp3) is 0.278. The fourth-order valence-electron chi connectivity index (χ4n) is 2.80. The van der Waals surface area contributed by atoms with Gasteiger partial charge in [-0.2, -0.15) is 5.10 Å². The number of amides is 1. The van der Waals surface area contributed by atoms with E-state index in [4.69, 9.17) is 0 Å². The number of imidazole rings is 1. The quantitative estimate of drug-likeness (QED) is 0.784. The van der Waals surface area contributed by atoms with Gasteiger partial charge in [0.15, 0.2) is 0 Å². The number of nitrogens with one attached hydrogen (secondary N) is 1. The fourth-order valence-corrected chi connectivity index (χ4v) is 2.80. The molecule has 122 valence electrons. The molecule has 6 heteroatoms. The van der Waals surface area contributed by atoms with E-state index in [0.717, 1.165) is 11.6 Å². The first-order valence-corrected chi connectivity index (χ1v) is 8.15. The van der Waals surface area contributed by atoms with Crippen molar-refractivity contribution < 1.29 is 4.79 Å². The van der Waals surface area contributed by atoms with Crippen molar-refractivity contribution in [2.24, 2.45) is 5.92 Å². The molecule has 1 aliphatic rings. The molecule has 1 amide bonds. The minimum absolute atomic E-state index is 0.233. The summed E-state index contributed by atoms with van der Waals surface area (Å²) >= 11 is 0. The summed E-state index contributed by atoms with van der Waals surface area (Å²) in [7, 11) is 0. The Morgan fingerprint density at radius 1 is 1.25 bits per heavy atom. The molecule has 2 heterocycles. The largest absolute Gasteiger partial charge is 0.318 e. The van der Waals surface area contributed by atoms with Gasteiger partial charge in [-0.1, -0.05) is 18.2 Å². The maximum atomic E-state index is 12.4. The predicted octanol–water partition coefficient (Wildman–Crippen LogP) is 3.29. The topological polar surface area (TPSA) is 64.7 Å². The maximum Gasteiger partial charge on any atom is 0.275 e. The highest BCUT2D eigenvalue weighted by atomic mass is 16.1. The zero-order valence-electron chi connectivity index (χ0n) is 13.5. The lowest BCUT2D eigenvalue weighted by Gasteiger charge is -2.09. The van der Waals surface area contributed by atoms with Crippen LogP contribution in [-0.4, -0.2) is 25.2 Å². The third-order valence-electron chi connectivity index (χ3n) is 4.45. The van der Waals surface area contributed by atoms with Gasteiger partial charge < -0.3 is 9.88 Å². The molecule has 1 aliphatic carbocycles. The minimum Gasteiger partial charge on any atom is -0.318 e. The van der Waals surface area contributed by atoms with Crippen molar-refractivity contribution in [2.75, 3.05) is 5.32 Å². The standard InChI is InChI=1S/C18H19N5O/c1-13(14-7-8-14)23-10-15(9-20-23)21-18(24)17-11-22(12-19-17)16-5-3-2-4-6-16/h2-6,9-14H,7-8H2,1H3,(H,21,24). The third-order valence-corrected chi connectivity index (χ3v) is 4.45. The molecular weight excluding hydrogens is 302 g/mol. The van der Waals surface area contributed by atoms with E-state index in [2.05, 4.69) is 22.3 Å². The molecule has 1 atom stereocenters. The number of carbonyl (C=O) groups is 1. The number of nitrogens with zero attached hydrogens (tertiary/aromatic N) is 4. The van der Waals surface area contributed by atoms with E-state index in [9.17, 15) is 4.79 Å². The number of rotatable bonds is 5. The van der Waals surface area contributed by atoms with Gasteiger partial charge in [-0.05, 0) is 37.8 Å². The van der Waals surface area contributed by atoms with Crippen LogP contribution in [0.3, 0.4) is 0 Å². The number of hydrogen-bond donors (Lipinski definition) is 1.